The summed E-state index contributed by atoms with van der Waals surface area (Å²) in [6.07, 6.45) is 1.64. The maximum atomic E-state index is 13.2. The van der Waals surface area contributed by atoms with E-state index >= 15 is 0 Å². The van der Waals surface area contributed by atoms with Gasteiger partial charge in [0.1, 0.15) is 0 Å². The van der Waals surface area contributed by atoms with Crippen LogP contribution in [0, 0.1) is 17.0 Å². The van der Waals surface area contributed by atoms with Crippen LogP contribution in [0.4, 0.5) is 17.2 Å². The molecule has 0 unspecified atom stereocenters. The minimum Gasteiger partial charge on any atom is -0.268 e. The second-order valence-electron chi connectivity index (χ2n) is 6.47. The smallest absolute Gasteiger partial charge is 0.268 e. The van der Waals surface area contributed by atoms with Crippen LogP contribution in [0.3, 0.4) is 0 Å². The molecular weight excluding hydrogens is 400 g/mol. The van der Waals surface area contributed by atoms with Crippen molar-refractivity contribution in [3.63, 3.8) is 0 Å². The number of rotatable bonds is 4. The fourth-order valence-corrected chi connectivity index (χ4v) is 3.91. The van der Waals surface area contributed by atoms with Gasteiger partial charge in [-0.3, -0.25) is 19.8 Å². The summed E-state index contributed by atoms with van der Waals surface area (Å²) in [6.45, 7) is 1.87. The Morgan fingerprint density at radius 3 is 2.57 bits per heavy atom. The number of benzene rings is 2. The normalized spacial score (nSPS) is 16.4. The van der Waals surface area contributed by atoms with Gasteiger partial charge in [0.25, 0.3) is 11.6 Å². The van der Waals surface area contributed by atoms with E-state index in [0.29, 0.717) is 27.1 Å². The van der Waals surface area contributed by atoms with Gasteiger partial charge in [-0.15, -0.1) is 0 Å². The summed E-state index contributed by atoms with van der Waals surface area (Å²) >= 11 is 1.21. The maximum absolute atomic E-state index is 13.2. The molecular formula is C22H16N4O3S. The van der Waals surface area contributed by atoms with Crippen LogP contribution in [0.25, 0.3) is 6.08 Å². The average molecular weight is 416 g/mol. The largest absolute Gasteiger partial charge is 0.271 e. The van der Waals surface area contributed by atoms with E-state index in [0.717, 1.165) is 5.69 Å². The molecule has 0 bridgehead atoms. The second-order valence-corrected chi connectivity index (χ2v) is 7.48. The molecule has 1 aromatic heterocycles. The molecule has 0 atom stereocenters. The second kappa shape index (κ2) is 8.30. The average Bonchev–Trinajstić information content (AvgIpc) is 3.03. The van der Waals surface area contributed by atoms with Crippen LogP contribution in [0.5, 0.6) is 0 Å². The van der Waals surface area contributed by atoms with Crippen LogP contribution in [0.1, 0.15) is 11.3 Å². The van der Waals surface area contributed by atoms with Crippen molar-refractivity contribution in [3.05, 3.63) is 99.1 Å². The third-order valence-corrected chi connectivity index (χ3v) is 5.25. The van der Waals surface area contributed by atoms with E-state index in [4.69, 9.17) is 0 Å². The number of non-ortho nitro benzene ring substituents is 1. The number of hydrogen-bond acceptors (Lipinski definition) is 6. The molecule has 1 amide bonds. The van der Waals surface area contributed by atoms with Crippen LogP contribution >= 0.6 is 11.8 Å². The predicted octanol–water partition coefficient (Wildman–Crippen LogP) is 5.11. The summed E-state index contributed by atoms with van der Waals surface area (Å²) in [6, 6.07) is 20.9. The van der Waals surface area contributed by atoms with Crippen molar-refractivity contribution < 1.29 is 9.72 Å². The van der Waals surface area contributed by atoms with Gasteiger partial charge in [-0.2, -0.15) is 0 Å². The number of carbonyl (C=O) groups is 1. The van der Waals surface area contributed by atoms with Gasteiger partial charge >= 0.3 is 0 Å². The molecule has 3 aromatic rings. The predicted molar refractivity (Wildman–Crippen MR) is 119 cm³/mol. The van der Waals surface area contributed by atoms with Crippen molar-refractivity contribution in [3.8, 4) is 0 Å². The van der Waals surface area contributed by atoms with Gasteiger partial charge in [0, 0.05) is 17.8 Å². The van der Waals surface area contributed by atoms with Crippen molar-refractivity contribution in [1.29, 1.82) is 0 Å². The lowest BCUT2D eigenvalue weighted by Gasteiger charge is -2.15. The lowest BCUT2D eigenvalue weighted by molar-refractivity contribution is -0.384. The minimum absolute atomic E-state index is 0.0300. The van der Waals surface area contributed by atoms with E-state index in [1.807, 2.05) is 49.4 Å². The highest BCUT2D eigenvalue weighted by Gasteiger charge is 2.34. The molecule has 8 heteroatoms. The van der Waals surface area contributed by atoms with E-state index in [-0.39, 0.29) is 11.6 Å². The number of nitrogens with zero attached hydrogens (tertiary/aromatic N) is 4. The molecule has 0 saturated carbocycles. The lowest BCUT2D eigenvalue weighted by atomic mass is 10.2. The first-order valence-electron chi connectivity index (χ1n) is 9.07. The number of carbonyl (C=O) groups excluding carboxylic acids is 1. The fourth-order valence-electron chi connectivity index (χ4n) is 2.92. The van der Waals surface area contributed by atoms with Gasteiger partial charge in [0.2, 0.25) is 0 Å². The number of aryl methyl sites for hydroxylation is 1. The Bertz CT molecular complexity index is 1190. The number of aliphatic imine (C=N–C) groups is 1. The summed E-state index contributed by atoms with van der Waals surface area (Å²) in [7, 11) is 0. The maximum Gasteiger partial charge on any atom is 0.271 e. The Morgan fingerprint density at radius 2 is 1.83 bits per heavy atom. The van der Waals surface area contributed by atoms with Crippen molar-refractivity contribution in [1.82, 2.24) is 4.98 Å². The van der Waals surface area contributed by atoms with Gasteiger partial charge in [0.05, 0.1) is 15.5 Å². The third kappa shape index (κ3) is 4.13. The summed E-state index contributed by atoms with van der Waals surface area (Å²) < 4.78 is 0. The van der Waals surface area contributed by atoms with Gasteiger partial charge in [-0.1, -0.05) is 36.4 Å². The molecule has 2 heterocycles. The summed E-state index contributed by atoms with van der Waals surface area (Å²) in [5, 5.41) is 11.5. The fraction of sp³-hybridized carbons (Fsp3) is 0.0455. The van der Waals surface area contributed by atoms with Crippen LogP contribution in [0.15, 0.2) is 82.7 Å². The number of amidine groups is 1. The minimum atomic E-state index is -0.460. The Hall–Kier alpha value is -3.78. The Balaban J connectivity index is 1.77. The third-order valence-electron chi connectivity index (χ3n) is 4.28. The number of hydrogen-bond donors (Lipinski definition) is 0. The van der Waals surface area contributed by atoms with E-state index in [9.17, 15) is 14.9 Å². The standard InChI is InChI=1S/C22H16N4O3S/c1-15-7-5-12-20(23-15)24-22-25(17-9-3-2-4-10-17)21(27)19(30-22)14-16-8-6-11-18(13-16)26(28)29/h2-14H,1H3/b19-14-,24-22+. The highest BCUT2D eigenvalue weighted by molar-refractivity contribution is 8.19. The highest BCUT2D eigenvalue weighted by atomic mass is 32.2. The molecule has 0 N–H and O–H groups in total. The van der Waals surface area contributed by atoms with E-state index in [1.165, 1.54) is 28.8 Å². The van der Waals surface area contributed by atoms with Crippen LogP contribution in [-0.4, -0.2) is 21.0 Å². The number of amides is 1. The molecule has 4 rings (SSSR count). The molecule has 1 fully saturated rings. The first-order valence-corrected chi connectivity index (χ1v) is 9.89. The van der Waals surface area contributed by atoms with Crippen molar-refractivity contribution in [2.24, 2.45) is 4.99 Å². The number of anilines is 1. The molecule has 2 aromatic carbocycles. The van der Waals surface area contributed by atoms with Crippen molar-refractivity contribution in [2.45, 2.75) is 6.92 Å². The number of aromatic nitrogens is 1. The summed E-state index contributed by atoms with van der Waals surface area (Å²) in [5.41, 5.74) is 2.05. The van der Waals surface area contributed by atoms with Gasteiger partial charge in [-0.05, 0) is 54.6 Å². The molecule has 0 aliphatic carbocycles. The van der Waals surface area contributed by atoms with Crippen molar-refractivity contribution >= 4 is 46.1 Å². The van der Waals surface area contributed by atoms with E-state index < -0.39 is 4.92 Å². The summed E-state index contributed by atoms with van der Waals surface area (Å²) in [5.74, 6) is 0.256. The zero-order chi connectivity index (χ0) is 21.1. The Kier molecular flexibility index (Phi) is 5.40. The summed E-state index contributed by atoms with van der Waals surface area (Å²) in [4.78, 5) is 34.7. The SMILES string of the molecule is Cc1cccc(/N=C2/S/C(=C\c3cccc([N+](=O)[O-])c3)C(=O)N2c2ccccc2)n1. The first kappa shape index (κ1) is 19.5. The zero-order valence-corrected chi connectivity index (χ0v) is 16.7. The Labute approximate surface area is 176 Å². The molecule has 148 valence electrons. The van der Waals surface area contributed by atoms with Gasteiger partial charge in [-0.25, -0.2) is 9.98 Å². The molecule has 1 aliphatic rings. The monoisotopic (exact) mass is 416 g/mol. The quantitative estimate of drug-likeness (QED) is 0.335. The number of thioether (sulfide) groups is 1. The zero-order valence-electron chi connectivity index (χ0n) is 15.9. The van der Waals surface area contributed by atoms with E-state index in [1.54, 1.807) is 24.3 Å². The number of pyridine rings is 1. The molecule has 30 heavy (non-hydrogen) atoms. The molecule has 0 spiro atoms. The lowest BCUT2D eigenvalue weighted by Crippen LogP contribution is -2.28. The first-order chi connectivity index (χ1) is 14.5. The Morgan fingerprint density at radius 1 is 1.07 bits per heavy atom. The van der Waals surface area contributed by atoms with Crippen LogP contribution in [-0.2, 0) is 4.79 Å². The van der Waals surface area contributed by atoms with Crippen LogP contribution in [0.2, 0.25) is 0 Å². The molecule has 0 radical (unpaired) electrons. The highest BCUT2D eigenvalue weighted by Crippen LogP contribution is 2.37. The molecule has 1 aliphatic heterocycles. The number of nitro groups is 1. The number of nitro benzene ring substituents is 1. The van der Waals surface area contributed by atoms with Crippen LogP contribution < -0.4 is 4.90 Å². The topological polar surface area (TPSA) is 88.7 Å². The van der Waals surface area contributed by atoms with Gasteiger partial charge in [0.15, 0.2) is 11.0 Å². The van der Waals surface area contributed by atoms with Gasteiger partial charge < -0.3 is 0 Å². The van der Waals surface area contributed by atoms with Crippen molar-refractivity contribution in [2.75, 3.05) is 4.90 Å². The molecule has 7 nitrogen and oxygen atoms in total. The molecule has 1 saturated heterocycles. The van der Waals surface area contributed by atoms with E-state index in [2.05, 4.69) is 9.98 Å². The number of para-hydroxylation sites is 1.